The Morgan fingerprint density at radius 2 is 1.52 bits per heavy atom. The average molecular weight is 393 g/mol. The van der Waals surface area contributed by atoms with Crippen molar-refractivity contribution in [3.05, 3.63) is 66.0 Å². The molecular weight excluding hydrogens is 379 g/mol. The van der Waals surface area contributed by atoms with Crippen LogP contribution in [0, 0.1) is 0 Å². The second kappa shape index (κ2) is 7.36. The van der Waals surface area contributed by atoms with E-state index in [9.17, 15) is 21.6 Å². The number of alkyl halides is 3. The second-order valence-corrected chi connectivity index (χ2v) is 6.69. The highest BCUT2D eigenvalue weighted by atomic mass is 32.2. The molecule has 0 aliphatic carbocycles. The first kappa shape index (κ1) is 18.8. The minimum Gasteiger partial charge on any atom is -0.383 e. The Morgan fingerprint density at radius 3 is 2.07 bits per heavy atom. The van der Waals surface area contributed by atoms with Crippen molar-refractivity contribution in [2.75, 3.05) is 5.73 Å². The summed E-state index contributed by atoms with van der Waals surface area (Å²) in [6.45, 7) is 0. The zero-order valence-corrected chi connectivity index (χ0v) is 14.7. The topological polar surface area (TPSA) is 85.9 Å². The molecule has 3 rings (SSSR count). The van der Waals surface area contributed by atoms with Gasteiger partial charge in [-0.3, -0.25) is 0 Å². The van der Waals surface area contributed by atoms with E-state index in [1.54, 1.807) is 30.3 Å². The molecule has 0 aliphatic heterocycles. The standard InChI is InChI=1S/C18H14F3N3O2S/c19-18(20,21)17-23-15(13-8-6-11(7-9-13)10-27(25)26)14(16(22)24-17)12-4-2-1-3-5-12/h1-9,27H,10H2,(H2,22,23,24). The number of benzene rings is 2. The minimum absolute atomic E-state index is 0.0269. The number of hydrogen-bond donors (Lipinski definition) is 2. The van der Waals surface area contributed by atoms with Gasteiger partial charge >= 0.3 is 6.18 Å². The fourth-order valence-electron chi connectivity index (χ4n) is 2.62. The Balaban J connectivity index is 2.21. The van der Waals surface area contributed by atoms with Crippen LogP contribution in [-0.4, -0.2) is 18.4 Å². The first-order valence-corrected chi connectivity index (χ1v) is 9.13. The number of thiol groups is 1. The van der Waals surface area contributed by atoms with Gasteiger partial charge in [0.2, 0.25) is 5.82 Å². The van der Waals surface area contributed by atoms with E-state index in [0.29, 0.717) is 16.7 Å². The number of nitrogen functional groups attached to an aromatic ring is 1. The predicted molar refractivity (Wildman–Crippen MR) is 96.3 cm³/mol. The lowest BCUT2D eigenvalue weighted by Gasteiger charge is -2.15. The zero-order chi connectivity index (χ0) is 19.6. The van der Waals surface area contributed by atoms with Crippen LogP contribution in [0.5, 0.6) is 0 Å². The van der Waals surface area contributed by atoms with Gasteiger partial charge in [0, 0.05) is 5.56 Å². The van der Waals surface area contributed by atoms with E-state index in [2.05, 4.69) is 9.97 Å². The predicted octanol–water partition coefficient (Wildman–Crippen LogP) is 3.52. The molecule has 2 N–H and O–H groups in total. The lowest BCUT2D eigenvalue weighted by atomic mass is 9.99. The maximum atomic E-state index is 13.2. The normalized spacial score (nSPS) is 11.7. The number of nitrogens with zero attached hydrogens (tertiary/aromatic N) is 2. The summed E-state index contributed by atoms with van der Waals surface area (Å²) >= 11 is 0. The van der Waals surface area contributed by atoms with Crippen molar-refractivity contribution in [1.29, 1.82) is 0 Å². The first-order valence-electron chi connectivity index (χ1n) is 7.77. The Labute approximate surface area is 154 Å². The zero-order valence-electron chi connectivity index (χ0n) is 13.8. The molecule has 0 bridgehead atoms. The van der Waals surface area contributed by atoms with Crippen LogP contribution in [0.15, 0.2) is 54.6 Å². The smallest absolute Gasteiger partial charge is 0.383 e. The molecule has 0 unspecified atom stereocenters. The van der Waals surface area contributed by atoms with Crippen molar-refractivity contribution in [3.63, 3.8) is 0 Å². The summed E-state index contributed by atoms with van der Waals surface area (Å²) in [5, 5.41) is 0. The van der Waals surface area contributed by atoms with Gasteiger partial charge in [0.1, 0.15) is 16.5 Å². The van der Waals surface area contributed by atoms with Gasteiger partial charge in [-0.15, -0.1) is 0 Å². The van der Waals surface area contributed by atoms with Crippen molar-refractivity contribution in [2.24, 2.45) is 0 Å². The van der Waals surface area contributed by atoms with Crippen molar-refractivity contribution in [1.82, 2.24) is 9.97 Å². The molecule has 1 heterocycles. The van der Waals surface area contributed by atoms with Crippen molar-refractivity contribution in [2.45, 2.75) is 11.9 Å². The summed E-state index contributed by atoms with van der Waals surface area (Å²) in [5.74, 6) is -1.77. The molecule has 0 amide bonds. The highest BCUT2D eigenvalue weighted by Gasteiger charge is 2.36. The summed E-state index contributed by atoms with van der Waals surface area (Å²) in [6, 6.07) is 14.7. The maximum absolute atomic E-state index is 13.2. The van der Waals surface area contributed by atoms with E-state index in [4.69, 9.17) is 5.73 Å². The molecule has 0 atom stereocenters. The monoisotopic (exact) mass is 393 g/mol. The second-order valence-electron chi connectivity index (χ2n) is 5.71. The molecule has 140 valence electrons. The van der Waals surface area contributed by atoms with Crippen LogP contribution < -0.4 is 5.73 Å². The van der Waals surface area contributed by atoms with Crippen LogP contribution >= 0.6 is 0 Å². The van der Waals surface area contributed by atoms with Crippen molar-refractivity contribution < 1.29 is 21.6 Å². The molecule has 0 fully saturated rings. The molecule has 0 spiro atoms. The summed E-state index contributed by atoms with van der Waals surface area (Å²) < 4.78 is 61.1. The largest absolute Gasteiger partial charge is 0.451 e. The number of halogens is 3. The van der Waals surface area contributed by atoms with Gasteiger partial charge in [0.05, 0.1) is 17.0 Å². The number of rotatable bonds is 4. The lowest BCUT2D eigenvalue weighted by Crippen LogP contribution is -2.14. The number of nitrogens with two attached hydrogens (primary N) is 1. The van der Waals surface area contributed by atoms with E-state index in [1.165, 1.54) is 24.3 Å². The minimum atomic E-state index is -4.75. The van der Waals surface area contributed by atoms with Crippen LogP contribution in [0.3, 0.4) is 0 Å². The number of hydrogen-bond acceptors (Lipinski definition) is 5. The molecule has 1 aromatic heterocycles. The van der Waals surface area contributed by atoms with Gasteiger partial charge in [-0.25, -0.2) is 18.4 Å². The fourth-order valence-corrected chi connectivity index (χ4v) is 3.13. The van der Waals surface area contributed by atoms with E-state index in [-0.39, 0.29) is 22.8 Å². The number of anilines is 1. The van der Waals surface area contributed by atoms with Gasteiger partial charge in [-0.1, -0.05) is 54.6 Å². The molecule has 9 heteroatoms. The highest BCUT2D eigenvalue weighted by molar-refractivity contribution is 7.71. The van der Waals surface area contributed by atoms with Crippen LogP contribution in [0.2, 0.25) is 0 Å². The summed E-state index contributed by atoms with van der Waals surface area (Å²) in [4.78, 5) is 7.13. The Kier molecular flexibility index (Phi) is 5.13. The SMILES string of the molecule is Nc1nc(C(F)(F)F)nc(-c2ccc(C[SH](=O)=O)cc2)c1-c1ccccc1. The van der Waals surface area contributed by atoms with Gasteiger partial charge in [-0.05, 0) is 11.1 Å². The first-order chi connectivity index (χ1) is 12.8. The molecule has 0 saturated carbocycles. The van der Waals surface area contributed by atoms with E-state index in [1.807, 2.05) is 0 Å². The third kappa shape index (κ3) is 4.25. The summed E-state index contributed by atoms with van der Waals surface area (Å²) in [7, 11) is -2.60. The van der Waals surface area contributed by atoms with Crippen LogP contribution in [0.1, 0.15) is 11.4 Å². The Morgan fingerprint density at radius 1 is 0.889 bits per heavy atom. The van der Waals surface area contributed by atoms with E-state index < -0.39 is 22.7 Å². The summed E-state index contributed by atoms with van der Waals surface area (Å²) in [5.41, 5.74) is 7.63. The maximum Gasteiger partial charge on any atom is 0.451 e. The molecule has 5 nitrogen and oxygen atoms in total. The van der Waals surface area contributed by atoms with E-state index in [0.717, 1.165) is 0 Å². The average Bonchev–Trinajstić information content (AvgIpc) is 2.61. The van der Waals surface area contributed by atoms with E-state index >= 15 is 0 Å². The number of aromatic nitrogens is 2. The van der Waals surface area contributed by atoms with Gasteiger partial charge < -0.3 is 5.73 Å². The lowest BCUT2D eigenvalue weighted by molar-refractivity contribution is -0.144. The molecule has 3 aromatic rings. The van der Waals surface area contributed by atoms with Crippen molar-refractivity contribution >= 4 is 16.5 Å². The molecule has 0 radical (unpaired) electrons. The molecule has 0 aliphatic rings. The highest BCUT2D eigenvalue weighted by Crippen LogP contribution is 2.37. The fraction of sp³-hybridized carbons (Fsp3) is 0.111. The Hall–Kier alpha value is -2.94. The van der Waals surface area contributed by atoms with Gasteiger partial charge in [0.25, 0.3) is 0 Å². The molecule has 0 saturated heterocycles. The van der Waals surface area contributed by atoms with Crippen LogP contribution in [-0.2, 0) is 22.6 Å². The third-order valence-corrected chi connectivity index (χ3v) is 4.42. The van der Waals surface area contributed by atoms with Crippen LogP contribution in [0.25, 0.3) is 22.4 Å². The molecule has 2 aromatic carbocycles. The third-order valence-electron chi connectivity index (χ3n) is 3.79. The Bertz CT molecular complexity index is 1030. The van der Waals surface area contributed by atoms with Gasteiger partial charge in [-0.2, -0.15) is 13.2 Å². The quantitative estimate of drug-likeness (QED) is 0.663. The van der Waals surface area contributed by atoms with Crippen molar-refractivity contribution in [3.8, 4) is 22.4 Å². The molecular formula is C18H14F3N3O2S. The van der Waals surface area contributed by atoms with Crippen LogP contribution in [0.4, 0.5) is 19.0 Å². The molecule has 27 heavy (non-hydrogen) atoms. The summed E-state index contributed by atoms with van der Waals surface area (Å²) in [6.07, 6.45) is -4.75. The van der Waals surface area contributed by atoms with Gasteiger partial charge in [0.15, 0.2) is 0 Å².